The molecule has 0 amide bonds. The molecule has 1 atom stereocenters. The molecule has 3 heteroatoms. The molecule has 1 heterocycles. The van der Waals surface area contributed by atoms with Crippen LogP contribution < -0.4 is 5.32 Å². The topological polar surface area (TPSA) is 21.3 Å². The molecule has 3 rings (SSSR count). The summed E-state index contributed by atoms with van der Waals surface area (Å²) in [6.45, 7) is 4.25. The van der Waals surface area contributed by atoms with Crippen LogP contribution in [-0.4, -0.2) is 18.7 Å². The summed E-state index contributed by atoms with van der Waals surface area (Å²) < 4.78 is 7.74. The van der Waals surface area contributed by atoms with E-state index < -0.39 is 0 Å². The van der Waals surface area contributed by atoms with Crippen molar-refractivity contribution in [1.82, 2.24) is 5.32 Å². The van der Waals surface area contributed by atoms with Gasteiger partial charge < -0.3 is 10.1 Å². The molecule has 20 heavy (non-hydrogen) atoms. The average Bonchev–Trinajstić information content (AvgIpc) is 2.49. The Morgan fingerprint density at radius 3 is 2.75 bits per heavy atom. The molecule has 1 N–H and O–H groups in total. The second-order valence-electron chi connectivity index (χ2n) is 6.29. The van der Waals surface area contributed by atoms with Crippen molar-refractivity contribution in [2.75, 3.05) is 13.1 Å². The van der Waals surface area contributed by atoms with Crippen LogP contribution in [-0.2, 0) is 4.74 Å². The monoisotopic (exact) mass is 337 g/mol. The SMILES string of the molecule is CCC1CCC2(CC1)CNCC(c1ccccc1Br)O2. The second kappa shape index (κ2) is 6.17. The summed E-state index contributed by atoms with van der Waals surface area (Å²) in [7, 11) is 0. The number of rotatable bonds is 2. The second-order valence-corrected chi connectivity index (χ2v) is 7.15. The van der Waals surface area contributed by atoms with E-state index >= 15 is 0 Å². The molecule has 0 aromatic heterocycles. The molecule has 0 bridgehead atoms. The van der Waals surface area contributed by atoms with E-state index in [4.69, 9.17) is 4.74 Å². The summed E-state index contributed by atoms with van der Waals surface area (Å²) in [5.74, 6) is 0.910. The van der Waals surface area contributed by atoms with E-state index in [1.807, 2.05) is 0 Å². The zero-order valence-corrected chi connectivity index (χ0v) is 13.8. The van der Waals surface area contributed by atoms with E-state index in [1.54, 1.807) is 0 Å². The summed E-state index contributed by atoms with van der Waals surface area (Å²) in [6.07, 6.45) is 6.55. The van der Waals surface area contributed by atoms with Crippen LogP contribution in [0.3, 0.4) is 0 Å². The molecule has 1 aromatic carbocycles. The molecule has 1 spiro atoms. The van der Waals surface area contributed by atoms with Crippen LogP contribution in [0.4, 0.5) is 0 Å². The van der Waals surface area contributed by atoms with Crippen molar-refractivity contribution in [1.29, 1.82) is 0 Å². The zero-order valence-electron chi connectivity index (χ0n) is 12.2. The Kier molecular flexibility index (Phi) is 4.49. The number of benzene rings is 1. The third-order valence-electron chi connectivity index (χ3n) is 5.02. The summed E-state index contributed by atoms with van der Waals surface area (Å²) in [4.78, 5) is 0. The molecular formula is C17H24BrNO. The Hall–Kier alpha value is -0.380. The molecule has 1 aromatic rings. The van der Waals surface area contributed by atoms with Crippen LogP contribution >= 0.6 is 15.9 Å². The van der Waals surface area contributed by atoms with E-state index in [0.29, 0.717) is 0 Å². The van der Waals surface area contributed by atoms with Gasteiger partial charge in [0, 0.05) is 17.6 Å². The molecule has 2 nitrogen and oxygen atoms in total. The van der Waals surface area contributed by atoms with Gasteiger partial charge in [-0.05, 0) is 43.2 Å². The highest BCUT2D eigenvalue weighted by Crippen LogP contribution is 2.41. The molecule has 1 saturated carbocycles. The molecule has 1 unspecified atom stereocenters. The Balaban J connectivity index is 1.72. The lowest BCUT2D eigenvalue weighted by molar-refractivity contribution is -0.141. The van der Waals surface area contributed by atoms with Gasteiger partial charge in [0.2, 0.25) is 0 Å². The van der Waals surface area contributed by atoms with Crippen molar-refractivity contribution in [2.24, 2.45) is 5.92 Å². The number of halogens is 1. The third kappa shape index (κ3) is 2.95. The first-order valence-electron chi connectivity index (χ1n) is 7.85. The lowest BCUT2D eigenvalue weighted by atomic mass is 9.77. The summed E-state index contributed by atoms with van der Waals surface area (Å²) >= 11 is 3.66. The Morgan fingerprint density at radius 1 is 1.30 bits per heavy atom. The summed E-state index contributed by atoms with van der Waals surface area (Å²) in [6, 6.07) is 8.44. The number of hydrogen-bond donors (Lipinski definition) is 1. The maximum Gasteiger partial charge on any atom is 0.0968 e. The summed E-state index contributed by atoms with van der Waals surface area (Å²) in [5.41, 5.74) is 1.35. The van der Waals surface area contributed by atoms with Gasteiger partial charge in [-0.3, -0.25) is 0 Å². The predicted molar refractivity (Wildman–Crippen MR) is 85.8 cm³/mol. The van der Waals surface area contributed by atoms with Gasteiger partial charge in [-0.25, -0.2) is 0 Å². The quantitative estimate of drug-likeness (QED) is 0.860. The van der Waals surface area contributed by atoms with Crippen molar-refractivity contribution >= 4 is 15.9 Å². The van der Waals surface area contributed by atoms with Crippen LogP contribution in [0.15, 0.2) is 28.7 Å². The van der Waals surface area contributed by atoms with E-state index in [9.17, 15) is 0 Å². The number of hydrogen-bond acceptors (Lipinski definition) is 2. The van der Waals surface area contributed by atoms with E-state index in [-0.39, 0.29) is 11.7 Å². The smallest absolute Gasteiger partial charge is 0.0968 e. The normalized spacial score (nSPS) is 34.3. The van der Waals surface area contributed by atoms with Crippen molar-refractivity contribution in [3.05, 3.63) is 34.3 Å². The fourth-order valence-electron chi connectivity index (χ4n) is 3.63. The minimum Gasteiger partial charge on any atom is -0.364 e. The lowest BCUT2D eigenvalue weighted by Crippen LogP contribution is -2.52. The largest absolute Gasteiger partial charge is 0.364 e. The molecule has 0 radical (unpaired) electrons. The molecule has 2 aliphatic rings. The molecule has 1 aliphatic carbocycles. The van der Waals surface area contributed by atoms with E-state index in [1.165, 1.54) is 37.7 Å². The standard InChI is InChI=1S/C17H24BrNO/c1-2-13-7-9-17(10-8-13)12-19-11-16(20-17)14-5-3-4-6-15(14)18/h3-6,13,16,19H,2,7-12H2,1H3. The molecule has 2 fully saturated rings. The van der Waals surface area contributed by atoms with Gasteiger partial charge in [0.25, 0.3) is 0 Å². The molecule has 1 saturated heterocycles. The number of ether oxygens (including phenoxy) is 1. The highest BCUT2D eigenvalue weighted by atomic mass is 79.9. The van der Waals surface area contributed by atoms with E-state index in [0.717, 1.165) is 23.5 Å². The summed E-state index contributed by atoms with van der Waals surface area (Å²) in [5, 5.41) is 3.61. The average molecular weight is 338 g/mol. The maximum absolute atomic E-state index is 6.58. The Morgan fingerprint density at radius 2 is 2.05 bits per heavy atom. The first kappa shape index (κ1) is 14.6. The first-order chi connectivity index (χ1) is 9.72. The minimum atomic E-state index is 0.0733. The van der Waals surface area contributed by atoms with Crippen molar-refractivity contribution in [2.45, 2.75) is 50.7 Å². The van der Waals surface area contributed by atoms with Crippen LogP contribution in [0.5, 0.6) is 0 Å². The highest BCUT2D eigenvalue weighted by Gasteiger charge is 2.40. The first-order valence-corrected chi connectivity index (χ1v) is 8.65. The zero-order chi connectivity index (χ0) is 14.0. The van der Waals surface area contributed by atoms with Crippen molar-refractivity contribution in [3.8, 4) is 0 Å². The predicted octanol–water partition coefficient (Wildman–Crippen LogP) is 4.45. The van der Waals surface area contributed by atoms with Gasteiger partial charge in [-0.1, -0.05) is 47.5 Å². The van der Waals surface area contributed by atoms with Crippen LogP contribution in [0.1, 0.15) is 50.7 Å². The van der Waals surface area contributed by atoms with Crippen molar-refractivity contribution < 1.29 is 4.74 Å². The van der Waals surface area contributed by atoms with E-state index in [2.05, 4.69) is 52.4 Å². The lowest BCUT2D eigenvalue weighted by Gasteiger charge is -2.46. The maximum atomic E-state index is 6.58. The van der Waals surface area contributed by atoms with Gasteiger partial charge in [0.1, 0.15) is 0 Å². The van der Waals surface area contributed by atoms with Gasteiger partial charge in [0.05, 0.1) is 11.7 Å². The van der Waals surface area contributed by atoms with Gasteiger partial charge >= 0.3 is 0 Å². The Labute approximate surface area is 130 Å². The minimum absolute atomic E-state index is 0.0733. The molecule has 1 aliphatic heterocycles. The van der Waals surface area contributed by atoms with Crippen molar-refractivity contribution in [3.63, 3.8) is 0 Å². The molecular weight excluding hydrogens is 314 g/mol. The van der Waals surface area contributed by atoms with Gasteiger partial charge in [0.15, 0.2) is 0 Å². The van der Waals surface area contributed by atoms with Gasteiger partial charge in [-0.2, -0.15) is 0 Å². The fourth-order valence-corrected chi connectivity index (χ4v) is 4.17. The third-order valence-corrected chi connectivity index (χ3v) is 5.74. The fraction of sp³-hybridized carbons (Fsp3) is 0.647. The van der Waals surface area contributed by atoms with Crippen LogP contribution in [0.2, 0.25) is 0 Å². The number of nitrogens with one attached hydrogen (secondary N) is 1. The van der Waals surface area contributed by atoms with Gasteiger partial charge in [-0.15, -0.1) is 0 Å². The highest BCUT2D eigenvalue weighted by molar-refractivity contribution is 9.10. The van der Waals surface area contributed by atoms with Crippen LogP contribution in [0, 0.1) is 5.92 Å². The Bertz CT molecular complexity index is 454. The molecule has 110 valence electrons. The number of morpholine rings is 1. The van der Waals surface area contributed by atoms with Crippen LogP contribution in [0.25, 0.3) is 0 Å².